The van der Waals surface area contributed by atoms with E-state index in [1.54, 1.807) is 0 Å². The van der Waals surface area contributed by atoms with Crippen molar-refractivity contribution >= 4 is 11.9 Å². The fourth-order valence-corrected chi connectivity index (χ4v) is 1.79. The Morgan fingerprint density at radius 2 is 2.29 bits per heavy atom. The third-order valence-corrected chi connectivity index (χ3v) is 3.09. The predicted octanol–water partition coefficient (Wildman–Crippen LogP) is -0.0666. The highest BCUT2D eigenvalue weighted by Crippen LogP contribution is 2.28. The van der Waals surface area contributed by atoms with Crippen molar-refractivity contribution in [2.45, 2.75) is 19.8 Å². The van der Waals surface area contributed by atoms with Gasteiger partial charge in [0.25, 0.3) is 5.91 Å². The predicted molar refractivity (Wildman–Crippen MR) is 61.3 cm³/mol. The number of carbonyl (C=O) groups is 1. The molecule has 1 aliphatic heterocycles. The molecule has 1 aliphatic rings. The van der Waals surface area contributed by atoms with E-state index in [9.17, 15) is 4.79 Å². The van der Waals surface area contributed by atoms with Crippen LogP contribution in [0.5, 0.6) is 0 Å². The van der Waals surface area contributed by atoms with Gasteiger partial charge in [-0.15, -0.1) is 5.10 Å². The van der Waals surface area contributed by atoms with Crippen molar-refractivity contribution in [1.82, 2.24) is 20.5 Å². The topological polar surface area (TPSA) is 106 Å². The molecular weight excluding hydrogens is 222 g/mol. The highest BCUT2D eigenvalue weighted by molar-refractivity contribution is 5.90. The molecule has 1 fully saturated rings. The van der Waals surface area contributed by atoms with Gasteiger partial charge in [0.15, 0.2) is 0 Å². The first-order valence-electron chi connectivity index (χ1n) is 5.63. The lowest BCUT2D eigenvalue weighted by atomic mass is 9.82. The van der Waals surface area contributed by atoms with Crippen LogP contribution in [0.15, 0.2) is 0 Å². The fraction of sp³-hybridized carbons (Fsp3) is 0.700. The van der Waals surface area contributed by atoms with Crippen LogP contribution in [0.2, 0.25) is 0 Å². The molecule has 0 bridgehead atoms. The molecule has 1 saturated heterocycles. The van der Waals surface area contributed by atoms with Crippen molar-refractivity contribution in [1.29, 1.82) is 0 Å². The summed E-state index contributed by atoms with van der Waals surface area (Å²) in [7, 11) is 0. The number of nitrogens with one attached hydrogen (secondary N) is 2. The zero-order valence-electron chi connectivity index (χ0n) is 9.82. The van der Waals surface area contributed by atoms with Gasteiger partial charge in [-0.1, -0.05) is 6.92 Å². The number of anilines is 1. The Bertz CT molecular complexity index is 397. The molecule has 1 amide bonds. The highest BCUT2D eigenvalue weighted by Gasteiger charge is 2.28. The molecule has 94 valence electrons. The van der Waals surface area contributed by atoms with Gasteiger partial charge >= 0.3 is 0 Å². The van der Waals surface area contributed by atoms with Crippen molar-refractivity contribution in [2.75, 3.05) is 25.5 Å². The van der Waals surface area contributed by atoms with Gasteiger partial charge in [-0.3, -0.25) is 9.89 Å². The monoisotopic (exact) mass is 239 g/mol. The summed E-state index contributed by atoms with van der Waals surface area (Å²) in [6, 6.07) is 0. The van der Waals surface area contributed by atoms with Crippen LogP contribution in [0.3, 0.4) is 0 Å². The summed E-state index contributed by atoms with van der Waals surface area (Å²) in [4.78, 5) is 15.5. The summed E-state index contributed by atoms with van der Waals surface area (Å²) in [5.74, 6) is -0.0486. The number of aromatic amines is 1. The van der Waals surface area contributed by atoms with E-state index in [0.717, 1.165) is 26.1 Å². The molecule has 0 saturated carbocycles. The molecule has 17 heavy (non-hydrogen) atoms. The second-order valence-corrected chi connectivity index (χ2v) is 4.65. The molecule has 0 atom stereocenters. The van der Waals surface area contributed by atoms with E-state index in [0.29, 0.717) is 6.54 Å². The molecule has 1 aromatic rings. The van der Waals surface area contributed by atoms with E-state index >= 15 is 0 Å². The molecule has 7 nitrogen and oxygen atoms in total. The molecule has 0 unspecified atom stereocenters. The van der Waals surface area contributed by atoms with Crippen LogP contribution >= 0.6 is 0 Å². The minimum atomic E-state index is -0.276. The van der Waals surface area contributed by atoms with Crippen molar-refractivity contribution in [3.63, 3.8) is 0 Å². The molecular formula is C10H17N5O2. The van der Waals surface area contributed by atoms with E-state index in [1.165, 1.54) is 0 Å². The lowest BCUT2D eigenvalue weighted by Gasteiger charge is -2.33. The first kappa shape index (κ1) is 11.8. The highest BCUT2D eigenvalue weighted by atomic mass is 16.5. The number of carbonyl (C=O) groups excluding carboxylic acids is 1. The zero-order valence-corrected chi connectivity index (χ0v) is 9.82. The Labute approximate surface area is 99.1 Å². The van der Waals surface area contributed by atoms with Crippen LogP contribution in [0, 0.1) is 5.41 Å². The number of amides is 1. The zero-order chi connectivity index (χ0) is 12.3. The van der Waals surface area contributed by atoms with Crippen LogP contribution in [-0.2, 0) is 4.74 Å². The second kappa shape index (κ2) is 4.70. The average Bonchev–Trinajstić information content (AvgIpc) is 2.74. The van der Waals surface area contributed by atoms with Gasteiger partial charge in [0, 0.05) is 19.8 Å². The number of nitrogens with two attached hydrogens (primary N) is 1. The average molecular weight is 239 g/mol. The van der Waals surface area contributed by atoms with E-state index < -0.39 is 0 Å². The maximum atomic E-state index is 11.7. The minimum absolute atomic E-state index is 0.0763. The van der Waals surface area contributed by atoms with E-state index in [-0.39, 0.29) is 23.1 Å². The quantitative estimate of drug-likeness (QED) is 0.684. The third kappa shape index (κ3) is 2.94. The number of rotatable bonds is 3. The number of nitrogens with zero attached hydrogens (tertiary/aromatic N) is 2. The molecule has 0 spiro atoms. The fourth-order valence-electron chi connectivity index (χ4n) is 1.79. The lowest BCUT2D eigenvalue weighted by molar-refractivity contribution is 0.0238. The van der Waals surface area contributed by atoms with Crippen LogP contribution in [0.25, 0.3) is 0 Å². The summed E-state index contributed by atoms with van der Waals surface area (Å²) in [5, 5.41) is 8.93. The van der Waals surface area contributed by atoms with E-state index in [1.807, 2.05) is 0 Å². The van der Waals surface area contributed by atoms with Gasteiger partial charge in [-0.25, -0.2) is 0 Å². The van der Waals surface area contributed by atoms with Crippen LogP contribution in [0.4, 0.5) is 5.95 Å². The molecule has 2 rings (SSSR count). The molecule has 7 heteroatoms. The van der Waals surface area contributed by atoms with Crippen molar-refractivity contribution < 1.29 is 9.53 Å². The minimum Gasteiger partial charge on any atom is -0.381 e. The standard InChI is InChI=1S/C10H17N5O2/c1-10(2-4-17-5-3-10)6-12-8(16)7-13-9(11)15-14-7/h2-6H2,1H3,(H,12,16)(H3,11,13,14,15). The second-order valence-electron chi connectivity index (χ2n) is 4.65. The smallest absolute Gasteiger partial charge is 0.288 e. The van der Waals surface area contributed by atoms with Gasteiger partial charge < -0.3 is 15.8 Å². The van der Waals surface area contributed by atoms with Gasteiger partial charge in [-0.2, -0.15) is 4.98 Å². The van der Waals surface area contributed by atoms with Crippen molar-refractivity contribution in [3.8, 4) is 0 Å². The first-order chi connectivity index (χ1) is 8.09. The number of hydrogen-bond acceptors (Lipinski definition) is 5. The molecule has 1 aromatic heterocycles. The summed E-state index contributed by atoms with van der Waals surface area (Å²) in [6.07, 6.45) is 1.90. The summed E-state index contributed by atoms with van der Waals surface area (Å²) >= 11 is 0. The van der Waals surface area contributed by atoms with E-state index in [4.69, 9.17) is 10.5 Å². The number of ether oxygens (including phenoxy) is 1. The van der Waals surface area contributed by atoms with Crippen molar-refractivity contribution in [2.24, 2.45) is 5.41 Å². The Kier molecular flexibility index (Phi) is 3.28. The van der Waals surface area contributed by atoms with Crippen LogP contribution in [-0.4, -0.2) is 40.8 Å². The van der Waals surface area contributed by atoms with Crippen LogP contribution < -0.4 is 11.1 Å². The van der Waals surface area contributed by atoms with Gasteiger partial charge in [0.1, 0.15) is 0 Å². The Morgan fingerprint density at radius 3 is 2.88 bits per heavy atom. The first-order valence-corrected chi connectivity index (χ1v) is 5.63. The maximum absolute atomic E-state index is 11.7. The number of H-pyrrole nitrogens is 1. The van der Waals surface area contributed by atoms with Gasteiger partial charge in [0.05, 0.1) is 0 Å². The molecule has 4 N–H and O–H groups in total. The summed E-state index contributed by atoms with van der Waals surface area (Å²) in [6.45, 7) is 4.25. The number of hydrogen-bond donors (Lipinski definition) is 3. The Hall–Kier alpha value is -1.63. The Morgan fingerprint density at radius 1 is 1.59 bits per heavy atom. The summed E-state index contributed by atoms with van der Waals surface area (Å²) in [5.41, 5.74) is 5.43. The van der Waals surface area contributed by atoms with Gasteiger partial charge in [-0.05, 0) is 18.3 Å². The largest absolute Gasteiger partial charge is 0.381 e. The Balaban J connectivity index is 1.87. The SMILES string of the molecule is CC1(CNC(=O)c2nc(N)n[nH]2)CCOCC1. The summed E-state index contributed by atoms with van der Waals surface area (Å²) < 4.78 is 5.30. The van der Waals surface area contributed by atoms with E-state index in [2.05, 4.69) is 27.4 Å². The molecule has 0 aromatic carbocycles. The molecule has 0 aliphatic carbocycles. The maximum Gasteiger partial charge on any atom is 0.288 e. The van der Waals surface area contributed by atoms with Gasteiger partial charge in [0.2, 0.25) is 11.8 Å². The molecule has 0 radical (unpaired) electrons. The van der Waals surface area contributed by atoms with Crippen molar-refractivity contribution in [3.05, 3.63) is 5.82 Å². The normalized spacial score (nSPS) is 18.9. The number of aromatic nitrogens is 3. The molecule has 2 heterocycles. The number of nitrogen functional groups attached to an aromatic ring is 1. The lowest BCUT2D eigenvalue weighted by Crippen LogP contribution is -2.39. The van der Waals surface area contributed by atoms with Crippen LogP contribution in [0.1, 0.15) is 30.4 Å². The third-order valence-electron chi connectivity index (χ3n) is 3.09.